The van der Waals surface area contributed by atoms with E-state index in [-0.39, 0.29) is 10.8 Å². The van der Waals surface area contributed by atoms with Crippen LogP contribution < -0.4 is 0 Å². The van der Waals surface area contributed by atoms with Crippen molar-refractivity contribution in [2.45, 2.75) is 11.4 Å². The van der Waals surface area contributed by atoms with Crippen molar-refractivity contribution in [1.82, 2.24) is 9.88 Å². The molecule has 21 heavy (non-hydrogen) atoms. The van der Waals surface area contributed by atoms with Gasteiger partial charge in [-0.05, 0) is 29.8 Å². The molecule has 2 aromatic rings. The van der Waals surface area contributed by atoms with E-state index in [1.54, 1.807) is 30.1 Å². The first-order valence-electron chi connectivity index (χ1n) is 6.41. The molecule has 1 aliphatic heterocycles. The van der Waals surface area contributed by atoms with Crippen LogP contribution in [0.3, 0.4) is 0 Å². The standard InChI is InChI=1S/C15H14N2O3S/c1-17-9-11-7-10(3-5-13(11)15(17)18)14-6-4-12(8-16-14)21(2,19)20/h3-8H,9H2,1-2H3. The topological polar surface area (TPSA) is 67.3 Å². The summed E-state index contributed by atoms with van der Waals surface area (Å²) < 4.78 is 22.8. The van der Waals surface area contributed by atoms with Gasteiger partial charge in [-0.2, -0.15) is 0 Å². The molecule has 0 radical (unpaired) electrons. The summed E-state index contributed by atoms with van der Waals surface area (Å²) in [5.41, 5.74) is 3.24. The maximum absolute atomic E-state index is 11.8. The van der Waals surface area contributed by atoms with Crippen LogP contribution in [0.25, 0.3) is 11.3 Å². The van der Waals surface area contributed by atoms with Crippen molar-refractivity contribution < 1.29 is 13.2 Å². The molecule has 0 fully saturated rings. The number of aromatic nitrogens is 1. The third-order valence-electron chi connectivity index (χ3n) is 3.55. The van der Waals surface area contributed by atoms with Gasteiger partial charge in [-0.3, -0.25) is 9.78 Å². The van der Waals surface area contributed by atoms with Gasteiger partial charge in [0.1, 0.15) is 0 Å². The van der Waals surface area contributed by atoms with Gasteiger partial charge in [0, 0.05) is 37.2 Å². The van der Waals surface area contributed by atoms with Crippen LogP contribution in [0.1, 0.15) is 15.9 Å². The van der Waals surface area contributed by atoms with Gasteiger partial charge >= 0.3 is 0 Å². The Bertz CT molecular complexity index is 826. The molecule has 1 aliphatic rings. The Balaban J connectivity index is 1.99. The number of amides is 1. The van der Waals surface area contributed by atoms with Crippen molar-refractivity contribution >= 4 is 15.7 Å². The lowest BCUT2D eigenvalue weighted by atomic mass is 10.0. The zero-order valence-corrected chi connectivity index (χ0v) is 12.5. The molecule has 1 aromatic heterocycles. The molecule has 0 aliphatic carbocycles. The third kappa shape index (κ3) is 2.42. The van der Waals surface area contributed by atoms with Crippen LogP contribution in [0.4, 0.5) is 0 Å². The fourth-order valence-corrected chi connectivity index (χ4v) is 2.96. The summed E-state index contributed by atoms with van der Waals surface area (Å²) in [5, 5.41) is 0. The van der Waals surface area contributed by atoms with Gasteiger partial charge in [-0.15, -0.1) is 0 Å². The Morgan fingerprint density at radius 2 is 1.95 bits per heavy atom. The van der Waals surface area contributed by atoms with E-state index in [9.17, 15) is 13.2 Å². The molecule has 0 saturated heterocycles. The van der Waals surface area contributed by atoms with Crippen molar-refractivity contribution in [3.8, 4) is 11.3 Å². The van der Waals surface area contributed by atoms with E-state index in [0.29, 0.717) is 17.8 Å². The number of hydrogen-bond donors (Lipinski definition) is 0. The lowest BCUT2D eigenvalue weighted by molar-refractivity contribution is 0.0816. The number of carbonyl (C=O) groups is 1. The van der Waals surface area contributed by atoms with Crippen LogP contribution >= 0.6 is 0 Å². The van der Waals surface area contributed by atoms with Gasteiger partial charge in [0.05, 0.1) is 10.6 Å². The summed E-state index contributed by atoms with van der Waals surface area (Å²) in [7, 11) is -1.47. The number of nitrogens with zero attached hydrogens (tertiary/aromatic N) is 2. The summed E-state index contributed by atoms with van der Waals surface area (Å²) in [6, 6.07) is 8.78. The van der Waals surface area contributed by atoms with Crippen LogP contribution in [0, 0.1) is 0 Å². The normalized spacial score (nSPS) is 14.4. The molecule has 6 heteroatoms. The van der Waals surface area contributed by atoms with E-state index < -0.39 is 9.84 Å². The Morgan fingerprint density at radius 1 is 1.19 bits per heavy atom. The van der Waals surface area contributed by atoms with Gasteiger partial charge in [0.15, 0.2) is 9.84 Å². The van der Waals surface area contributed by atoms with Crippen LogP contribution in [0.2, 0.25) is 0 Å². The number of hydrogen-bond acceptors (Lipinski definition) is 4. The van der Waals surface area contributed by atoms with Crippen molar-refractivity contribution in [1.29, 1.82) is 0 Å². The molecule has 1 amide bonds. The first-order chi connectivity index (χ1) is 9.86. The molecule has 0 unspecified atom stereocenters. The lowest BCUT2D eigenvalue weighted by Gasteiger charge is -2.05. The lowest BCUT2D eigenvalue weighted by Crippen LogP contribution is -2.17. The number of rotatable bonds is 2. The average molecular weight is 302 g/mol. The van der Waals surface area contributed by atoms with Gasteiger partial charge in [0.25, 0.3) is 5.91 Å². The fraction of sp³-hybridized carbons (Fsp3) is 0.200. The smallest absolute Gasteiger partial charge is 0.254 e. The first-order valence-corrected chi connectivity index (χ1v) is 8.30. The molecular weight excluding hydrogens is 288 g/mol. The van der Waals surface area contributed by atoms with E-state index in [4.69, 9.17) is 0 Å². The molecule has 0 saturated carbocycles. The van der Waals surface area contributed by atoms with E-state index in [0.717, 1.165) is 17.4 Å². The number of sulfone groups is 1. The second-order valence-electron chi connectivity index (χ2n) is 5.18. The van der Waals surface area contributed by atoms with Gasteiger partial charge in [-0.1, -0.05) is 6.07 Å². The molecule has 0 spiro atoms. The second kappa shape index (κ2) is 4.66. The predicted molar refractivity (Wildman–Crippen MR) is 78.6 cm³/mol. The van der Waals surface area contributed by atoms with Crippen molar-refractivity contribution in [3.05, 3.63) is 47.7 Å². The molecule has 2 heterocycles. The second-order valence-corrected chi connectivity index (χ2v) is 7.20. The van der Waals surface area contributed by atoms with Gasteiger partial charge < -0.3 is 4.90 Å². The molecule has 0 N–H and O–H groups in total. The van der Waals surface area contributed by atoms with Crippen molar-refractivity contribution in [2.75, 3.05) is 13.3 Å². The number of pyridine rings is 1. The zero-order valence-electron chi connectivity index (χ0n) is 11.7. The molecule has 3 rings (SSSR count). The molecule has 0 bridgehead atoms. The summed E-state index contributed by atoms with van der Waals surface area (Å²) in [4.78, 5) is 17.9. The largest absolute Gasteiger partial charge is 0.337 e. The summed E-state index contributed by atoms with van der Waals surface area (Å²) >= 11 is 0. The first kappa shape index (κ1) is 13.8. The maximum atomic E-state index is 11.8. The fourth-order valence-electron chi connectivity index (χ4n) is 2.40. The Labute approximate surface area is 123 Å². The van der Waals surface area contributed by atoms with E-state index in [2.05, 4.69) is 4.98 Å². The molecule has 0 atom stereocenters. The minimum absolute atomic E-state index is 0.0249. The van der Waals surface area contributed by atoms with Crippen LogP contribution in [0.15, 0.2) is 41.4 Å². The molecule has 1 aromatic carbocycles. The monoisotopic (exact) mass is 302 g/mol. The highest BCUT2D eigenvalue weighted by atomic mass is 32.2. The molecular formula is C15H14N2O3S. The highest BCUT2D eigenvalue weighted by Crippen LogP contribution is 2.27. The molecule has 108 valence electrons. The van der Waals surface area contributed by atoms with Crippen molar-refractivity contribution in [2.24, 2.45) is 0 Å². The number of fused-ring (bicyclic) bond motifs is 1. The summed E-state index contributed by atoms with van der Waals surface area (Å²) in [5.74, 6) is 0.0249. The quantitative estimate of drug-likeness (QED) is 0.847. The number of carbonyl (C=O) groups excluding carboxylic acids is 1. The van der Waals surface area contributed by atoms with Gasteiger partial charge in [-0.25, -0.2) is 8.42 Å². The predicted octanol–water partition coefficient (Wildman–Crippen LogP) is 1.74. The van der Waals surface area contributed by atoms with Crippen molar-refractivity contribution in [3.63, 3.8) is 0 Å². The minimum atomic E-state index is -3.24. The molecule has 5 nitrogen and oxygen atoms in total. The third-order valence-corrected chi connectivity index (χ3v) is 4.65. The van der Waals surface area contributed by atoms with Crippen LogP contribution in [0.5, 0.6) is 0 Å². The van der Waals surface area contributed by atoms with Gasteiger partial charge in [0.2, 0.25) is 0 Å². The SMILES string of the molecule is CN1Cc2cc(-c3ccc(S(C)(=O)=O)cn3)ccc2C1=O. The van der Waals surface area contributed by atoms with Crippen LogP contribution in [-0.2, 0) is 16.4 Å². The van der Waals surface area contributed by atoms with E-state index in [1.165, 1.54) is 6.20 Å². The summed E-state index contributed by atoms with van der Waals surface area (Å²) in [6.45, 7) is 0.587. The Hall–Kier alpha value is -2.21. The van der Waals surface area contributed by atoms with E-state index >= 15 is 0 Å². The maximum Gasteiger partial charge on any atom is 0.254 e. The van der Waals surface area contributed by atoms with Crippen LogP contribution in [-0.4, -0.2) is 37.5 Å². The Morgan fingerprint density at radius 3 is 2.57 bits per heavy atom. The number of benzene rings is 1. The summed E-state index contributed by atoms with van der Waals surface area (Å²) in [6.07, 6.45) is 2.51. The zero-order chi connectivity index (χ0) is 15.2. The minimum Gasteiger partial charge on any atom is -0.337 e. The average Bonchev–Trinajstić information content (AvgIpc) is 2.73. The van der Waals surface area contributed by atoms with E-state index in [1.807, 2.05) is 12.1 Å². The highest BCUT2D eigenvalue weighted by Gasteiger charge is 2.24. The highest BCUT2D eigenvalue weighted by molar-refractivity contribution is 7.90. The Kier molecular flexibility index (Phi) is 3.06.